The molecule has 0 aliphatic rings. The monoisotopic (exact) mass is 258 g/mol. The fourth-order valence-corrected chi connectivity index (χ4v) is 1.31. The maximum Gasteiger partial charge on any atom is 0.420 e. The van der Waals surface area contributed by atoms with Crippen LogP contribution in [0.1, 0.15) is 16.1 Å². The van der Waals surface area contributed by atoms with Crippen molar-refractivity contribution in [2.45, 2.75) is 6.18 Å². The highest BCUT2D eigenvalue weighted by molar-refractivity contribution is 5.88. The van der Waals surface area contributed by atoms with E-state index >= 15 is 0 Å². The standard InChI is InChI=1S/C9H5F3N4O2/c10-9(11,12)5-4-15-16(6(5)7(17)18)8-13-2-1-3-14-8/h1-4H,(H,17,18). The molecule has 0 saturated carbocycles. The number of rotatable bonds is 2. The highest BCUT2D eigenvalue weighted by Crippen LogP contribution is 2.32. The van der Waals surface area contributed by atoms with Crippen LogP contribution < -0.4 is 0 Å². The van der Waals surface area contributed by atoms with Gasteiger partial charge in [0, 0.05) is 12.4 Å². The number of carboxylic acids is 1. The minimum Gasteiger partial charge on any atom is -0.476 e. The molecule has 6 nitrogen and oxygen atoms in total. The number of carboxylic acid groups (broad SMARTS) is 1. The molecule has 0 amide bonds. The van der Waals surface area contributed by atoms with Crippen molar-refractivity contribution in [3.8, 4) is 5.95 Å². The summed E-state index contributed by atoms with van der Waals surface area (Å²) < 4.78 is 38.3. The second-order valence-electron chi connectivity index (χ2n) is 3.17. The third-order valence-electron chi connectivity index (χ3n) is 2.02. The molecule has 9 heteroatoms. The molecule has 2 heterocycles. The Bertz CT molecular complexity index is 579. The molecular formula is C9H5F3N4O2. The van der Waals surface area contributed by atoms with Crippen molar-refractivity contribution in [1.29, 1.82) is 0 Å². The molecule has 18 heavy (non-hydrogen) atoms. The molecule has 0 bridgehead atoms. The molecule has 0 atom stereocenters. The van der Waals surface area contributed by atoms with Crippen LogP contribution >= 0.6 is 0 Å². The normalized spacial score (nSPS) is 11.5. The molecule has 94 valence electrons. The highest BCUT2D eigenvalue weighted by Gasteiger charge is 2.39. The van der Waals surface area contributed by atoms with Gasteiger partial charge in [0.05, 0.1) is 6.20 Å². The number of halogens is 3. The maximum atomic E-state index is 12.6. The van der Waals surface area contributed by atoms with E-state index in [-0.39, 0.29) is 5.95 Å². The molecule has 2 aromatic heterocycles. The first-order valence-corrected chi connectivity index (χ1v) is 4.57. The molecule has 0 saturated heterocycles. The lowest BCUT2D eigenvalue weighted by molar-refractivity contribution is -0.138. The van der Waals surface area contributed by atoms with E-state index in [4.69, 9.17) is 5.11 Å². The lowest BCUT2D eigenvalue weighted by Crippen LogP contribution is -2.16. The predicted molar refractivity (Wildman–Crippen MR) is 51.1 cm³/mol. The second kappa shape index (κ2) is 4.09. The summed E-state index contributed by atoms with van der Waals surface area (Å²) in [5, 5.41) is 12.2. The number of aromatic carboxylic acids is 1. The largest absolute Gasteiger partial charge is 0.476 e. The molecule has 1 N–H and O–H groups in total. The van der Waals surface area contributed by atoms with Gasteiger partial charge in [0.2, 0.25) is 0 Å². The van der Waals surface area contributed by atoms with Gasteiger partial charge >= 0.3 is 12.1 Å². The van der Waals surface area contributed by atoms with Gasteiger partial charge in [-0.25, -0.2) is 14.8 Å². The Labute approximate surface area is 97.7 Å². The van der Waals surface area contributed by atoms with E-state index in [0.717, 1.165) is 0 Å². The van der Waals surface area contributed by atoms with Crippen LogP contribution in [0.25, 0.3) is 5.95 Å². The van der Waals surface area contributed by atoms with E-state index in [1.807, 2.05) is 0 Å². The number of nitrogens with zero attached hydrogens (tertiary/aromatic N) is 4. The summed E-state index contributed by atoms with van der Waals surface area (Å²) in [6, 6.07) is 1.44. The average Bonchev–Trinajstić information content (AvgIpc) is 2.74. The van der Waals surface area contributed by atoms with Crippen molar-refractivity contribution in [1.82, 2.24) is 19.7 Å². The molecule has 0 spiro atoms. The average molecular weight is 258 g/mol. The molecular weight excluding hydrogens is 253 g/mol. The Morgan fingerprint density at radius 1 is 1.28 bits per heavy atom. The lowest BCUT2D eigenvalue weighted by Gasteiger charge is -2.06. The van der Waals surface area contributed by atoms with Gasteiger partial charge in [0.25, 0.3) is 5.95 Å². The third-order valence-corrected chi connectivity index (χ3v) is 2.02. The molecule has 0 aliphatic carbocycles. The first-order valence-electron chi connectivity index (χ1n) is 4.57. The van der Waals surface area contributed by atoms with Gasteiger partial charge in [-0.2, -0.15) is 23.0 Å². The topological polar surface area (TPSA) is 80.9 Å². The summed E-state index contributed by atoms with van der Waals surface area (Å²) in [7, 11) is 0. The molecule has 0 aliphatic heterocycles. The Morgan fingerprint density at radius 3 is 2.39 bits per heavy atom. The molecule has 0 unspecified atom stereocenters. The van der Waals surface area contributed by atoms with Gasteiger partial charge in [0.1, 0.15) is 5.56 Å². The van der Waals surface area contributed by atoms with Crippen LogP contribution in [0.15, 0.2) is 24.7 Å². The first kappa shape index (κ1) is 12.0. The minimum absolute atomic E-state index is 0.245. The van der Waals surface area contributed by atoms with Crippen LogP contribution in [-0.4, -0.2) is 30.8 Å². The van der Waals surface area contributed by atoms with Crippen LogP contribution in [0, 0.1) is 0 Å². The van der Waals surface area contributed by atoms with Gasteiger partial charge < -0.3 is 5.11 Å². The van der Waals surface area contributed by atoms with Crippen LogP contribution in [0.5, 0.6) is 0 Å². The number of hydrogen-bond acceptors (Lipinski definition) is 4. The zero-order valence-electron chi connectivity index (χ0n) is 8.59. The Morgan fingerprint density at radius 2 is 1.89 bits per heavy atom. The quantitative estimate of drug-likeness (QED) is 0.880. The van der Waals surface area contributed by atoms with E-state index in [2.05, 4.69) is 15.1 Å². The molecule has 2 rings (SSSR count). The van der Waals surface area contributed by atoms with Crippen LogP contribution in [0.2, 0.25) is 0 Å². The third kappa shape index (κ3) is 2.01. The van der Waals surface area contributed by atoms with Gasteiger partial charge in [-0.05, 0) is 6.07 Å². The molecule has 2 aromatic rings. The SMILES string of the molecule is O=C(O)c1c(C(F)(F)F)cnn1-c1ncccn1. The van der Waals surface area contributed by atoms with Crippen molar-refractivity contribution >= 4 is 5.97 Å². The van der Waals surface area contributed by atoms with E-state index in [1.54, 1.807) is 0 Å². The van der Waals surface area contributed by atoms with Gasteiger partial charge in [0.15, 0.2) is 5.69 Å². The first-order chi connectivity index (χ1) is 8.41. The fourth-order valence-electron chi connectivity index (χ4n) is 1.31. The van der Waals surface area contributed by atoms with Crippen molar-refractivity contribution < 1.29 is 23.1 Å². The van der Waals surface area contributed by atoms with Gasteiger partial charge in [-0.15, -0.1) is 0 Å². The Hall–Kier alpha value is -2.45. The summed E-state index contributed by atoms with van der Waals surface area (Å²) in [6.07, 6.45) is -1.84. The zero-order chi connectivity index (χ0) is 13.3. The number of hydrogen-bond donors (Lipinski definition) is 1. The highest BCUT2D eigenvalue weighted by atomic mass is 19.4. The van der Waals surface area contributed by atoms with E-state index in [0.29, 0.717) is 10.9 Å². The van der Waals surface area contributed by atoms with E-state index < -0.39 is 23.4 Å². The predicted octanol–water partition coefficient (Wildman–Crippen LogP) is 1.38. The fraction of sp³-hybridized carbons (Fsp3) is 0.111. The van der Waals surface area contributed by atoms with Gasteiger partial charge in [-0.3, -0.25) is 0 Å². The van der Waals surface area contributed by atoms with Crippen LogP contribution in [0.4, 0.5) is 13.2 Å². The summed E-state index contributed by atoms with van der Waals surface area (Å²) in [5.41, 5.74) is -2.36. The smallest absolute Gasteiger partial charge is 0.420 e. The summed E-state index contributed by atoms with van der Waals surface area (Å²) in [6.45, 7) is 0. The van der Waals surface area contributed by atoms with E-state index in [9.17, 15) is 18.0 Å². The second-order valence-corrected chi connectivity index (χ2v) is 3.17. The summed E-state index contributed by atoms with van der Waals surface area (Å²) in [4.78, 5) is 18.2. The minimum atomic E-state index is -4.80. The Balaban J connectivity index is 2.64. The van der Waals surface area contributed by atoms with Gasteiger partial charge in [-0.1, -0.05) is 0 Å². The zero-order valence-corrected chi connectivity index (χ0v) is 8.59. The van der Waals surface area contributed by atoms with Crippen molar-refractivity contribution in [2.75, 3.05) is 0 Å². The maximum absolute atomic E-state index is 12.6. The van der Waals surface area contributed by atoms with Crippen molar-refractivity contribution in [2.24, 2.45) is 0 Å². The number of aromatic nitrogens is 4. The van der Waals surface area contributed by atoms with E-state index in [1.165, 1.54) is 18.5 Å². The summed E-state index contributed by atoms with van der Waals surface area (Å²) in [5.74, 6) is -2.00. The van der Waals surface area contributed by atoms with Crippen molar-refractivity contribution in [3.63, 3.8) is 0 Å². The number of carbonyl (C=O) groups is 1. The van der Waals surface area contributed by atoms with Crippen LogP contribution in [0.3, 0.4) is 0 Å². The number of alkyl halides is 3. The Kier molecular flexibility index (Phi) is 2.73. The molecule has 0 radical (unpaired) electrons. The van der Waals surface area contributed by atoms with Crippen molar-refractivity contribution in [3.05, 3.63) is 35.9 Å². The summed E-state index contributed by atoms with van der Waals surface area (Å²) >= 11 is 0. The van der Waals surface area contributed by atoms with Crippen LogP contribution in [-0.2, 0) is 6.18 Å². The molecule has 0 aromatic carbocycles. The molecule has 0 fully saturated rings. The lowest BCUT2D eigenvalue weighted by atomic mass is 10.2.